The van der Waals surface area contributed by atoms with Crippen molar-refractivity contribution in [3.8, 4) is 0 Å². The summed E-state index contributed by atoms with van der Waals surface area (Å²) in [6.07, 6.45) is -2.02. The molecule has 1 aliphatic heterocycles. The van der Waals surface area contributed by atoms with Crippen molar-refractivity contribution in [2.24, 2.45) is 0 Å². The van der Waals surface area contributed by atoms with Crippen molar-refractivity contribution >= 4 is 11.7 Å². The van der Waals surface area contributed by atoms with Crippen LogP contribution in [0.2, 0.25) is 0 Å². The van der Waals surface area contributed by atoms with Gasteiger partial charge in [0.1, 0.15) is 6.54 Å². The van der Waals surface area contributed by atoms with Crippen LogP contribution in [0, 0.1) is 0 Å². The van der Waals surface area contributed by atoms with Crippen LogP contribution in [0.5, 0.6) is 0 Å². The Labute approximate surface area is 135 Å². The van der Waals surface area contributed by atoms with Gasteiger partial charge >= 0.3 is 12.1 Å². The molecule has 1 fully saturated rings. The van der Waals surface area contributed by atoms with E-state index in [1.54, 1.807) is 12.4 Å². The van der Waals surface area contributed by atoms with Crippen LogP contribution in [-0.4, -0.2) is 64.5 Å². The highest BCUT2D eigenvalue weighted by Gasteiger charge is 2.38. The fourth-order valence-electron chi connectivity index (χ4n) is 2.07. The van der Waals surface area contributed by atoms with Crippen molar-refractivity contribution in [1.82, 2.24) is 14.7 Å². The third-order valence-electron chi connectivity index (χ3n) is 3.29. The van der Waals surface area contributed by atoms with E-state index in [2.05, 4.69) is 22.4 Å². The maximum absolute atomic E-state index is 12.1. The average molecular weight is 358 g/mol. The number of carbonyl (C=O) groups is 1. The van der Waals surface area contributed by atoms with Gasteiger partial charge in [-0.3, -0.25) is 4.68 Å². The zero-order valence-electron chi connectivity index (χ0n) is 12.9. The van der Waals surface area contributed by atoms with E-state index >= 15 is 0 Å². The van der Waals surface area contributed by atoms with E-state index in [9.17, 15) is 22.0 Å². The Morgan fingerprint density at radius 1 is 1.42 bits per heavy atom. The summed E-state index contributed by atoms with van der Waals surface area (Å²) >= 11 is 0. The van der Waals surface area contributed by atoms with Crippen molar-refractivity contribution in [3.05, 3.63) is 12.4 Å². The maximum Gasteiger partial charge on any atom is 0.490 e. The lowest BCUT2D eigenvalue weighted by Gasteiger charge is -2.29. The van der Waals surface area contributed by atoms with Crippen LogP contribution in [-0.2, 0) is 11.3 Å². The van der Waals surface area contributed by atoms with E-state index < -0.39 is 18.6 Å². The van der Waals surface area contributed by atoms with Gasteiger partial charge in [-0.1, -0.05) is 0 Å². The zero-order chi connectivity index (χ0) is 18.3. The molecule has 0 atom stereocenters. The molecule has 1 aromatic heterocycles. The number of carboxylic acids is 1. The summed E-state index contributed by atoms with van der Waals surface area (Å²) in [5, 5.41) is 14.4. The van der Waals surface area contributed by atoms with E-state index in [4.69, 9.17) is 9.90 Å². The number of nitrogens with zero attached hydrogens (tertiary/aromatic N) is 3. The summed E-state index contributed by atoms with van der Waals surface area (Å²) in [5.74, 6) is -2.76. The second-order valence-corrected chi connectivity index (χ2v) is 5.37. The molecule has 11 heteroatoms. The number of piperidine rings is 1. The van der Waals surface area contributed by atoms with Gasteiger partial charge in [0.05, 0.1) is 11.9 Å². The minimum Gasteiger partial charge on any atom is -0.475 e. The first-order valence-corrected chi connectivity index (χ1v) is 7.13. The largest absolute Gasteiger partial charge is 0.490 e. The van der Waals surface area contributed by atoms with Crippen LogP contribution < -0.4 is 5.32 Å². The van der Waals surface area contributed by atoms with Crippen molar-refractivity contribution in [2.45, 2.75) is 38.0 Å². The van der Waals surface area contributed by atoms with Crippen molar-refractivity contribution in [2.75, 3.05) is 25.5 Å². The van der Waals surface area contributed by atoms with E-state index in [-0.39, 0.29) is 6.54 Å². The molecule has 2 heterocycles. The molecule has 0 spiro atoms. The van der Waals surface area contributed by atoms with Crippen molar-refractivity contribution in [1.29, 1.82) is 0 Å². The van der Waals surface area contributed by atoms with Crippen LogP contribution in [0.15, 0.2) is 12.4 Å². The highest BCUT2D eigenvalue weighted by molar-refractivity contribution is 5.73. The minimum atomic E-state index is -5.08. The number of hydrogen-bond acceptors (Lipinski definition) is 4. The molecule has 2 N–H and O–H groups in total. The van der Waals surface area contributed by atoms with E-state index in [0.29, 0.717) is 6.04 Å². The quantitative estimate of drug-likeness (QED) is 0.809. The SMILES string of the molecule is CN1CCC(Nc2cnn(CC(F)F)c2)CC1.O=C(O)C(F)(F)F. The zero-order valence-corrected chi connectivity index (χ0v) is 12.9. The topological polar surface area (TPSA) is 70.4 Å². The molecule has 138 valence electrons. The summed E-state index contributed by atoms with van der Waals surface area (Å²) < 4.78 is 57.3. The van der Waals surface area contributed by atoms with Gasteiger partial charge in [-0.25, -0.2) is 13.6 Å². The van der Waals surface area contributed by atoms with Crippen LogP contribution in [0.1, 0.15) is 12.8 Å². The fraction of sp³-hybridized carbons (Fsp3) is 0.692. The Bertz CT molecular complexity index is 513. The Hall–Kier alpha value is -1.91. The van der Waals surface area contributed by atoms with Gasteiger partial charge < -0.3 is 15.3 Å². The summed E-state index contributed by atoms with van der Waals surface area (Å²) in [6, 6.07) is 0.426. The molecule has 1 aromatic rings. The third kappa shape index (κ3) is 7.57. The molecule has 0 aliphatic carbocycles. The average Bonchev–Trinajstić information content (AvgIpc) is 2.87. The first kappa shape index (κ1) is 20.1. The first-order chi connectivity index (χ1) is 11.1. The van der Waals surface area contributed by atoms with Crippen LogP contribution in [0.3, 0.4) is 0 Å². The molecule has 24 heavy (non-hydrogen) atoms. The second kappa shape index (κ2) is 8.81. The van der Waals surface area contributed by atoms with Gasteiger partial charge in [0.25, 0.3) is 6.43 Å². The monoisotopic (exact) mass is 358 g/mol. The van der Waals surface area contributed by atoms with Gasteiger partial charge in [-0.15, -0.1) is 0 Å². The molecule has 0 bridgehead atoms. The molecule has 1 aliphatic rings. The number of halogens is 5. The van der Waals surface area contributed by atoms with Gasteiger partial charge in [-0.05, 0) is 33.0 Å². The van der Waals surface area contributed by atoms with Crippen molar-refractivity contribution in [3.63, 3.8) is 0 Å². The number of likely N-dealkylation sites (tertiary alicyclic amines) is 1. The smallest absolute Gasteiger partial charge is 0.475 e. The molecule has 0 radical (unpaired) electrons. The van der Waals surface area contributed by atoms with E-state index in [0.717, 1.165) is 31.6 Å². The number of carboxylic acid groups (broad SMARTS) is 1. The number of alkyl halides is 5. The summed E-state index contributed by atoms with van der Waals surface area (Å²) in [4.78, 5) is 11.2. The minimum absolute atomic E-state index is 0.338. The Balaban J connectivity index is 0.000000351. The third-order valence-corrected chi connectivity index (χ3v) is 3.29. The van der Waals surface area contributed by atoms with Gasteiger partial charge in [0.2, 0.25) is 0 Å². The molecule has 0 aromatic carbocycles. The predicted molar refractivity (Wildman–Crippen MR) is 76.1 cm³/mol. The molecule has 0 saturated carbocycles. The number of rotatable bonds is 4. The number of nitrogens with one attached hydrogen (secondary N) is 1. The number of aliphatic carboxylic acids is 1. The molecule has 1 saturated heterocycles. The normalized spacial score (nSPS) is 16.6. The van der Waals surface area contributed by atoms with Gasteiger partial charge in [0.15, 0.2) is 0 Å². The Morgan fingerprint density at radius 3 is 2.42 bits per heavy atom. The van der Waals surface area contributed by atoms with Crippen molar-refractivity contribution < 1.29 is 31.9 Å². The molecule has 0 unspecified atom stereocenters. The molecular formula is C13H19F5N4O2. The number of aromatic nitrogens is 2. The number of hydrogen-bond donors (Lipinski definition) is 2. The summed E-state index contributed by atoms with van der Waals surface area (Å²) in [7, 11) is 2.11. The highest BCUT2D eigenvalue weighted by Crippen LogP contribution is 2.15. The van der Waals surface area contributed by atoms with Crippen LogP contribution in [0.4, 0.5) is 27.6 Å². The lowest BCUT2D eigenvalue weighted by atomic mass is 10.1. The maximum atomic E-state index is 12.1. The molecule has 0 amide bonds. The van der Waals surface area contributed by atoms with E-state index in [1.165, 1.54) is 4.68 Å². The Morgan fingerprint density at radius 2 is 1.96 bits per heavy atom. The molecule has 2 rings (SSSR count). The summed E-state index contributed by atoms with van der Waals surface area (Å²) in [5.41, 5.74) is 0.834. The van der Waals surface area contributed by atoms with Gasteiger partial charge in [-0.2, -0.15) is 18.3 Å². The highest BCUT2D eigenvalue weighted by atomic mass is 19.4. The second-order valence-electron chi connectivity index (χ2n) is 5.37. The van der Waals surface area contributed by atoms with Gasteiger partial charge in [0, 0.05) is 12.2 Å². The van der Waals surface area contributed by atoms with E-state index in [1.807, 2.05) is 0 Å². The Kier molecular flexibility index (Phi) is 7.39. The van der Waals surface area contributed by atoms with Crippen LogP contribution >= 0.6 is 0 Å². The standard InChI is InChI=1S/C11H18F2N4.C2HF3O2/c1-16-4-2-9(3-5-16)15-10-6-14-17(7-10)8-11(12)13;3-2(4,5)1(6)7/h6-7,9,11,15H,2-5,8H2,1H3;(H,6,7). The fourth-order valence-corrected chi connectivity index (χ4v) is 2.07. The molecular weight excluding hydrogens is 339 g/mol. The first-order valence-electron chi connectivity index (χ1n) is 7.13. The lowest BCUT2D eigenvalue weighted by Crippen LogP contribution is -2.36. The van der Waals surface area contributed by atoms with Crippen LogP contribution in [0.25, 0.3) is 0 Å². The predicted octanol–water partition coefficient (Wildman–Crippen LogP) is 2.29. The number of anilines is 1. The lowest BCUT2D eigenvalue weighted by molar-refractivity contribution is -0.192. The summed E-state index contributed by atoms with van der Waals surface area (Å²) in [6.45, 7) is 1.81. The molecule has 6 nitrogen and oxygen atoms in total.